The zero-order chi connectivity index (χ0) is 15.0. The van der Waals surface area contributed by atoms with Gasteiger partial charge in [-0.05, 0) is 36.3 Å². The Bertz CT molecular complexity index is 497. The number of carbonyl (C=O) groups excluding carboxylic acids is 1. The van der Waals surface area contributed by atoms with Crippen molar-refractivity contribution in [1.82, 2.24) is 0 Å². The van der Waals surface area contributed by atoms with Gasteiger partial charge < -0.3 is 9.84 Å². The van der Waals surface area contributed by atoms with Crippen LogP contribution in [0.5, 0.6) is 5.75 Å². The molecule has 0 saturated carbocycles. The highest BCUT2D eigenvalue weighted by molar-refractivity contribution is 5.96. The molecule has 0 aliphatic heterocycles. The normalized spacial score (nSPS) is 12.6. The van der Waals surface area contributed by atoms with E-state index < -0.39 is 6.10 Å². The Kier molecular flexibility index (Phi) is 6.47. The molecule has 0 fully saturated rings. The number of ether oxygens (including phenoxy) is 1. The number of methoxy groups -OCH3 is 1. The highest BCUT2D eigenvalue weighted by atomic mass is 16.5. The summed E-state index contributed by atoms with van der Waals surface area (Å²) in [5.74, 6) is 0.604. The zero-order valence-electron chi connectivity index (χ0n) is 11.7. The number of hydrogen-bond acceptors (Lipinski definition) is 3. The number of Topliss-reactive ketones (excluding diaryl/α,β-unsaturated/α-hetero) is 1. The lowest BCUT2D eigenvalue weighted by atomic mass is 10.00. The van der Waals surface area contributed by atoms with E-state index in [0.717, 1.165) is 5.57 Å². The quantitative estimate of drug-likeness (QED) is 0.583. The predicted molar refractivity (Wildman–Crippen MR) is 81.0 cm³/mol. The molecule has 3 heteroatoms. The second-order valence-electron chi connectivity index (χ2n) is 4.40. The summed E-state index contributed by atoms with van der Waals surface area (Å²) >= 11 is 0. The molecule has 1 N–H and O–H groups in total. The summed E-state index contributed by atoms with van der Waals surface area (Å²) in [7, 11) is 1.57. The van der Waals surface area contributed by atoms with Crippen LogP contribution in [0.1, 0.15) is 23.2 Å². The Morgan fingerprint density at radius 3 is 2.45 bits per heavy atom. The monoisotopic (exact) mass is 272 g/mol. The Hall–Kier alpha value is -2.13. The molecule has 0 spiro atoms. The molecule has 1 atom stereocenters. The Morgan fingerprint density at radius 1 is 1.30 bits per heavy atom. The van der Waals surface area contributed by atoms with Crippen LogP contribution >= 0.6 is 0 Å². The number of ketones is 1. The van der Waals surface area contributed by atoms with Crippen molar-refractivity contribution in [3.05, 3.63) is 66.8 Å². The van der Waals surface area contributed by atoms with Crippen molar-refractivity contribution in [3.8, 4) is 5.75 Å². The molecule has 1 aromatic rings. The van der Waals surface area contributed by atoms with Gasteiger partial charge in [0.25, 0.3) is 0 Å². The van der Waals surface area contributed by atoms with Crippen molar-refractivity contribution < 1.29 is 14.6 Å². The van der Waals surface area contributed by atoms with Crippen LogP contribution in [0.25, 0.3) is 0 Å². The minimum Gasteiger partial charge on any atom is -0.497 e. The van der Waals surface area contributed by atoms with Crippen LogP contribution in [-0.2, 0) is 0 Å². The summed E-state index contributed by atoms with van der Waals surface area (Å²) in [5, 5.41) is 9.94. The van der Waals surface area contributed by atoms with Crippen molar-refractivity contribution in [3.63, 3.8) is 0 Å². The first kappa shape index (κ1) is 15.9. The van der Waals surface area contributed by atoms with Gasteiger partial charge in [-0.3, -0.25) is 4.79 Å². The lowest BCUT2D eigenvalue weighted by Gasteiger charge is -2.10. The molecule has 0 aromatic heterocycles. The fourth-order valence-electron chi connectivity index (χ4n) is 1.82. The van der Waals surface area contributed by atoms with E-state index in [-0.39, 0.29) is 12.2 Å². The van der Waals surface area contributed by atoms with Gasteiger partial charge in [0.15, 0.2) is 5.78 Å². The molecule has 1 aromatic carbocycles. The molecular weight excluding hydrogens is 252 g/mol. The predicted octanol–water partition coefficient (Wildman–Crippen LogP) is 3.32. The van der Waals surface area contributed by atoms with E-state index in [1.807, 2.05) is 0 Å². The van der Waals surface area contributed by atoms with Crippen LogP contribution in [0, 0.1) is 0 Å². The number of benzene rings is 1. The fraction of sp³-hybridized carbons (Fsp3) is 0.235. The Labute approximate surface area is 119 Å². The highest BCUT2D eigenvalue weighted by Crippen LogP contribution is 2.16. The first-order valence-electron chi connectivity index (χ1n) is 6.40. The first-order chi connectivity index (χ1) is 9.60. The molecular formula is C17H20O3. The van der Waals surface area contributed by atoms with Gasteiger partial charge >= 0.3 is 0 Å². The fourth-order valence-corrected chi connectivity index (χ4v) is 1.82. The van der Waals surface area contributed by atoms with E-state index in [4.69, 9.17) is 4.74 Å². The summed E-state index contributed by atoms with van der Waals surface area (Å²) in [6, 6.07) is 6.85. The number of carbonyl (C=O) groups is 1. The summed E-state index contributed by atoms with van der Waals surface area (Å²) in [6.45, 7) is 7.26. The molecule has 0 amide bonds. The molecule has 0 aliphatic carbocycles. The van der Waals surface area contributed by atoms with E-state index in [1.165, 1.54) is 0 Å². The molecule has 0 aliphatic rings. The van der Waals surface area contributed by atoms with Gasteiger partial charge in [-0.2, -0.15) is 0 Å². The van der Waals surface area contributed by atoms with Gasteiger partial charge in [-0.25, -0.2) is 0 Å². The van der Waals surface area contributed by atoms with E-state index in [0.29, 0.717) is 17.7 Å². The minimum atomic E-state index is -0.728. The van der Waals surface area contributed by atoms with Gasteiger partial charge in [-0.15, -0.1) is 0 Å². The molecule has 0 radical (unpaired) electrons. The van der Waals surface area contributed by atoms with Crippen LogP contribution in [0.2, 0.25) is 0 Å². The van der Waals surface area contributed by atoms with Crippen LogP contribution in [0.4, 0.5) is 0 Å². The van der Waals surface area contributed by atoms with E-state index in [1.54, 1.807) is 49.6 Å². The van der Waals surface area contributed by atoms with E-state index >= 15 is 0 Å². The maximum Gasteiger partial charge on any atom is 0.165 e. The van der Waals surface area contributed by atoms with Gasteiger partial charge in [0, 0.05) is 12.0 Å². The third kappa shape index (κ3) is 4.86. The number of rotatable bonds is 8. The second-order valence-corrected chi connectivity index (χ2v) is 4.40. The van der Waals surface area contributed by atoms with Crippen molar-refractivity contribution >= 4 is 5.78 Å². The van der Waals surface area contributed by atoms with E-state index in [2.05, 4.69) is 13.2 Å². The highest BCUT2D eigenvalue weighted by Gasteiger charge is 2.13. The summed E-state index contributed by atoms with van der Waals surface area (Å²) in [4.78, 5) is 12.0. The van der Waals surface area contributed by atoms with Gasteiger partial charge in [0.2, 0.25) is 0 Å². The van der Waals surface area contributed by atoms with Crippen LogP contribution in [0.15, 0.2) is 61.2 Å². The topological polar surface area (TPSA) is 46.5 Å². The third-order valence-corrected chi connectivity index (χ3v) is 2.90. The van der Waals surface area contributed by atoms with Gasteiger partial charge in [0.1, 0.15) is 5.75 Å². The summed E-state index contributed by atoms with van der Waals surface area (Å²) < 4.78 is 5.04. The van der Waals surface area contributed by atoms with Crippen molar-refractivity contribution in [2.75, 3.05) is 7.11 Å². The van der Waals surface area contributed by atoms with Crippen LogP contribution in [-0.4, -0.2) is 24.1 Å². The summed E-state index contributed by atoms with van der Waals surface area (Å²) in [6.07, 6.45) is 4.80. The van der Waals surface area contributed by atoms with Crippen molar-refractivity contribution in [2.45, 2.75) is 18.9 Å². The van der Waals surface area contributed by atoms with Crippen LogP contribution < -0.4 is 4.74 Å². The number of aliphatic hydroxyl groups excluding tert-OH is 1. The van der Waals surface area contributed by atoms with Gasteiger partial charge in [-0.1, -0.05) is 31.4 Å². The largest absolute Gasteiger partial charge is 0.497 e. The maximum atomic E-state index is 12.0. The first-order valence-corrected chi connectivity index (χ1v) is 6.40. The molecule has 3 nitrogen and oxygen atoms in total. The van der Waals surface area contributed by atoms with E-state index in [9.17, 15) is 9.90 Å². The van der Waals surface area contributed by atoms with Gasteiger partial charge in [0.05, 0.1) is 13.2 Å². The Morgan fingerprint density at radius 2 is 1.95 bits per heavy atom. The number of allylic oxidation sites excluding steroid dienone is 3. The average molecular weight is 272 g/mol. The minimum absolute atomic E-state index is 0.0780. The number of aliphatic hydroxyl groups is 1. The zero-order valence-corrected chi connectivity index (χ0v) is 11.7. The lowest BCUT2D eigenvalue weighted by Crippen LogP contribution is -2.14. The number of hydrogen-bond donors (Lipinski definition) is 1. The molecule has 106 valence electrons. The Balaban J connectivity index is 2.62. The van der Waals surface area contributed by atoms with Crippen molar-refractivity contribution in [2.24, 2.45) is 0 Å². The second kappa shape index (κ2) is 8.12. The molecule has 0 bridgehead atoms. The molecule has 20 heavy (non-hydrogen) atoms. The molecule has 0 heterocycles. The lowest BCUT2D eigenvalue weighted by molar-refractivity contribution is 0.0882. The van der Waals surface area contributed by atoms with Crippen LogP contribution in [0.3, 0.4) is 0 Å². The molecule has 0 saturated heterocycles. The standard InChI is InChI=1S/C17H20O3/c1-4-6-13(5-2)11-15(18)12-17(19)14-7-9-16(20-3)10-8-14/h4-10,15,18H,1-2,11-12H2,3H3/b13-6+. The maximum absolute atomic E-state index is 12.0. The molecule has 1 unspecified atom stereocenters. The molecule has 1 rings (SSSR count). The SMILES string of the molecule is C=C/C=C(\C=C)CC(O)CC(=O)c1ccc(OC)cc1. The smallest absolute Gasteiger partial charge is 0.165 e. The summed E-state index contributed by atoms with van der Waals surface area (Å²) in [5.41, 5.74) is 1.42. The third-order valence-electron chi connectivity index (χ3n) is 2.90. The average Bonchev–Trinajstić information content (AvgIpc) is 2.46. The van der Waals surface area contributed by atoms with Crippen molar-refractivity contribution in [1.29, 1.82) is 0 Å².